The molecule has 1 aromatic carbocycles. The van der Waals surface area contributed by atoms with Crippen LogP contribution in [0.5, 0.6) is 5.75 Å². The van der Waals surface area contributed by atoms with Crippen LogP contribution in [-0.4, -0.2) is 12.1 Å². The van der Waals surface area contributed by atoms with Gasteiger partial charge in [0.1, 0.15) is 11.6 Å². The number of nitrogens with one attached hydrogen (secondary N) is 1. The van der Waals surface area contributed by atoms with Crippen LogP contribution in [0.15, 0.2) is 42.6 Å². The monoisotopic (exact) mass is 248 g/mol. The van der Waals surface area contributed by atoms with Crippen molar-refractivity contribution in [3.8, 4) is 5.75 Å². The van der Waals surface area contributed by atoms with Gasteiger partial charge in [0.25, 0.3) is 0 Å². The summed E-state index contributed by atoms with van der Waals surface area (Å²) in [5.74, 6) is 1.66. The molecule has 2 rings (SSSR count). The summed E-state index contributed by atoms with van der Waals surface area (Å²) in [4.78, 5) is 4.16. The molecule has 0 aliphatic rings. The van der Waals surface area contributed by atoms with Crippen molar-refractivity contribution in [3.05, 3.63) is 53.2 Å². The number of para-hydroxylation sites is 1. The third-order valence-corrected chi connectivity index (χ3v) is 2.60. The Hall–Kier alpha value is -1.74. The molecule has 0 saturated carbocycles. The first-order valence-corrected chi connectivity index (χ1v) is 5.64. The highest BCUT2D eigenvalue weighted by molar-refractivity contribution is 6.30. The van der Waals surface area contributed by atoms with Crippen LogP contribution in [-0.2, 0) is 6.54 Å². The first-order valence-electron chi connectivity index (χ1n) is 5.27. The van der Waals surface area contributed by atoms with Gasteiger partial charge in [-0.1, -0.05) is 29.8 Å². The molecule has 4 heteroatoms. The Bertz CT molecular complexity index is 485. The van der Waals surface area contributed by atoms with Gasteiger partial charge in [-0.15, -0.1) is 0 Å². The fourth-order valence-electron chi connectivity index (χ4n) is 1.52. The predicted octanol–water partition coefficient (Wildman–Crippen LogP) is 3.36. The maximum Gasteiger partial charge on any atom is 0.126 e. The van der Waals surface area contributed by atoms with Gasteiger partial charge in [0, 0.05) is 18.3 Å². The molecular formula is C13H13ClN2O. The van der Waals surface area contributed by atoms with E-state index in [1.807, 2.05) is 30.3 Å². The van der Waals surface area contributed by atoms with E-state index in [9.17, 15) is 0 Å². The summed E-state index contributed by atoms with van der Waals surface area (Å²) in [7, 11) is 1.67. The van der Waals surface area contributed by atoms with Crippen molar-refractivity contribution in [3.63, 3.8) is 0 Å². The van der Waals surface area contributed by atoms with Gasteiger partial charge in [0.15, 0.2) is 0 Å². The van der Waals surface area contributed by atoms with Crippen LogP contribution in [0, 0.1) is 0 Å². The Morgan fingerprint density at radius 3 is 2.76 bits per heavy atom. The third kappa shape index (κ3) is 3.11. The van der Waals surface area contributed by atoms with Crippen LogP contribution in [0.25, 0.3) is 0 Å². The summed E-state index contributed by atoms with van der Waals surface area (Å²) < 4.78 is 5.27. The molecule has 88 valence electrons. The molecule has 1 aromatic heterocycles. The second-order valence-corrected chi connectivity index (χ2v) is 3.96. The first-order chi connectivity index (χ1) is 8.29. The van der Waals surface area contributed by atoms with E-state index in [1.54, 1.807) is 19.4 Å². The molecule has 17 heavy (non-hydrogen) atoms. The standard InChI is InChI=1S/C13H13ClN2O/c1-17-12-5-3-2-4-10(12)8-15-13-7-6-11(14)9-16-13/h2-7,9H,8H2,1H3,(H,15,16). The van der Waals surface area contributed by atoms with Crippen LogP contribution in [0.4, 0.5) is 5.82 Å². The van der Waals surface area contributed by atoms with Crippen molar-refractivity contribution in [1.29, 1.82) is 0 Å². The molecule has 0 aliphatic carbocycles. The molecule has 0 unspecified atom stereocenters. The number of hydrogen-bond acceptors (Lipinski definition) is 3. The van der Waals surface area contributed by atoms with Gasteiger partial charge in [-0.05, 0) is 18.2 Å². The molecule has 1 heterocycles. The maximum absolute atomic E-state index is 5.77. The number of rotatable bonds is 4. The summed E-state index contributed by atoms with van der Waals surface area (Å²) in [5, 5.41) is 3.85. The van der Waals surface area contributed by atoms with E-state index in [0.29, 0.717) is 11.6 Å². The first kappa shape index (κ1) is 11.7. The van der Waals surface area contributed by atoms with E-state index in [2.05, 4.69) is 10.3 Å². The fraction of sp³-hybridized carbons (Fsp3) is 0.154. The molecule has 3 nitrogen and oxygen atoms in total. The number of benzene rings is 1. The number of anilines is 1. The summed E-state index contributed by atoms with van der Waals surface area (Å²) in [6.07, 6.45) is 1.62. The molecule has 0 saturated heterocycles. The van der Waals surface area contributed by atoms with Gasteiger partial charge in [-0.2, -0.15) is 0 Å². The van der Waals surface area contributed by atoms with Crippen LogP contribution in [0.1, 0.15) is 5.56 Å². The lowest BCUT2D eigenvalue weighted by molar-refractivity contribution is 0.410. The molecule has 0 amide bonds. The van der Waals surface area contributed by atoms with E-state index in [-0.39, 0.29) is 0 Å². The van der Waals surface area contributed by atoms with Crippen LogP contribution in [0.3, 0.4) is 0 Å². The lowest BCUT2D eigenvalue weighted by Crippen LogP contribution is -2.02. The second-order valence-electron chi connectivity index (χ2n) is 3.53. The van der Waals surface area contributed by atoms with E-state index < -0.39 is 0 Å². The van der Waals surface area contributed by atoms with Crippen molar-refractivity contribution >= 4 is 17.4 Å². The van der Waals surface area contributed by atoms with Crippen LogP contribution in [0.2, 0.25) is 5.02 Å². The Labute approximate surface area is 105 Å². The Morgan fingerprint density at radius 2 is 2.06 bits per heavy atom. The predicted molar refractivity (Wildman–Crippen MR) is 69.6 cm³/mol. The Kier molecular flexibility index (Phi) is 3.83. The zero-order valence-corrected chi connectivity index (χ0v) is 10.2. The second kappa shape index (κ2) is 5.55. The van der Waals surface area contributed by atoms with E-state index in [1.165, 1.54) is 0 Å². The molecule has 0 atom stereocenters. The number of halogens is 1. The average molecular weight is 249 g/mol. The Morgan fingerprint density at radius 1 is 1.24 bits per heavy atom. The smallest absolute Gasteiger partial charge is 0.126 e. The summed E-state index contributed by atoms with van der Waals surface area (Å²) in [6, 6.07) is 11.5. The summed E-state index contributed by atoms with van der Waals surface area (Å²) in [6.45, 7) is 0.665. The third-order valence-electron chi connectivity index (χ3n) is 2.38. The van der Waals surface area contributed by atoms with Crippen molar-refractivity contribution < 1.29 is 4.74 Å². The molecule has 0 bridgehead atoms. The minimum Gasteiger partial charge on any atom is -0.496 e. The van der Waals surface area contributed by atoms with E-state index in [4.69, 9.17) is 16.3 Å². The highest BCUT2D eigenvalue weighted by Gasteiger charge is 2.01. The van der Waals surface area contributed by atoms with Gasteiger partial charge < -0.3 is 10.1 Å². The highest BCUT2D eigenvalue weighted by Crippen LogP contribution is 2.18. The van der Waals surface area contributed by atoms with Crippen LogP contribution >= 0.6 is 11.6 Å². The summed E-state index contributed by atoms with van der Waals surface area (Å²) in [5.41, 5.74) is 1.09. The molecule has 0 aliphatic heterocycles. The zero-order chi connectivity index (χ0) is 12.1. The highest BCUT2D eigenvalue weighted by atomic mass is 35.5. The number of nitrogens with zero attached hydrogens (tertiary/aromatic N) is 1. The number of hydrogen-bond donors (Lipinski definition) is 1. The molecule has 2 aromatic rings. The quantitative estimate of drug-likeness (QED) is 0.901. The fourth-order valence-corrected chi connectivity index (χ4v) is 1.63. The zero-order valence-electron chi connectivity index (χ0n) is 9.48. The Balaban J connectivity index is 2.04. The topological polar surface area (TPSA) is 34.1 Å². The minimum absolute atomic E-state index is 0.632. The van der Waals surface area contributed by atoms with Crippen molar-refractivity contribution in [2.45, 2.75) is 6.54 Å². The lowest BCUT2D eigenvalue weighted by atomic mass is 10.2. The SMILES string of the molecule is COc1ccccc1CNc1ccc(Cl)cn1. The molecular weight excluding hydrogens is 236 g/mol. The van der Waals surface area contributed by atoms with Crippen molar-refractivity contribution in [2.24, 2.45) is 0 Å². The van der Waals surface area contributed by atoms with Crippen LogP contribution < -0.4 is 10.1 Å². The maximum atomic E-state index is 5.77. The number of aromatic nitrogens is 1. The number of pyridine rings is 1. The summed E-state index contributed by atoms with van der Waals surface area (Å²) >= 11 is 5.77. The van der Waals surface area contributed by atoms with Gasteiger partial charge in [-0.3, -0.25) is 0 Å². The van der Waals surface area contributed by atoms with Gasteiger partial charge >= 0.3 is 0 Å². The molecule has 0 fully saturated rings. The van der Waals surface area contributed by atoms with Gasteiger partial charge in [0.05, 0.1) is 12.1 Å². The van der Waals surface area contributed by atoms with E-state index in [0.717, 1.165) is 17.1 Å². The number of methoxy groups -OCH3 is 1. The van der Waals surface area contributed by atoms with Crippen molar-refractivity contribution in [1.82, 2.24) is 4.98 Å². The van der Waals surface area contributed by atoms with Gasteiger partial charge in [0.2, 0.25) is 0 Å². The molecule has 0 spiro atoms. The van der Waals surface area contributed by atoms with Gasteiger partial charge in [-0.25, -0.2) is 4.98 Å². The largest absolute Gasteiger partial charge is 0.496 e. The normalized spacial score (nSPS) is 10.0. The molecule has 0 radical (unpaired) electrons. The molecule has 1 N–H and O–H groups in total. The average Bonchev–Trinajstić information content (AvgIpc) is 2.38. The number of ether oxygens (including phenoxy) is 1. The lowest BCUT2D eigenvalue weighted by Gasteiger charge is -2.09. The minimum atomic E-state index is 0.632. The van der Waals surface area contributed by atoms with E-state index >= 15 is 0 Å². The van der Waals surface area contributed by atoms with Crippen molar-refractivity contribution in [2.75, 3.05) is 12.4 Å².